The normalized spacial score (nSPS) is 10.0. The van der Waals surface area contributed by atoms with Crippen LogP contribution >= 0.6 is 0 Å². The maximum absolute atomic E-state index is 12.1. The van der Waals surface area contributed by atoms with E-state index in [0.717, 1.165) is 28.3 Å². The van der Waals surface area contributed by atoms with Crippen LogP contribution in [0.2, 0.25) is 0 Å². The number of hydrogen-bond donors (Lipinski definition) is 1. The molecule has 1 amide bonds. The molecule has 0 aliphatic carbocycles. The zero-order valence-corrected chi connectivity index (χ0v) is 12.5. The lowest BCUT2D eigenvalue weighted by atomic mass is 10.1. The predicted octanol–water partition coefficient (Wildman–Crippen LogP) is 3.19. The molecular weight excluding hydrogens is 266 g/mol. The highest BCUT2D eigenvalue weighted by Gasteiger charge is 2.06. The molecule has 0 heterocycles. The summed E-state index contributed by atoms with van der Waals surface area (Å²) < 4.78 is 10.3. The summed E-state index contributed by atoms with van der Waals surface area (Å²) in [7, 11) is 3.24. The maximum atomic E-state index is 12.1. The largest absolute Gasteiger partial charge is 0.497 e. The number of amides is 1. The highest BCUT2D eigenvalue weighted by Crippen LogP contribution is 2.21. The monoisotopic (exact) mass is 285 g/mol. The number of aryl methyl sites for hydroxylation is 1. The third kappa shape index (κ3) is 3.99. The van der Waals surface area contributed by atoms with E-state index in [1.165, 1.54) is 0 Å². The molecule has 0 unspecified atom stereocenters. The molecule has 4 nitrogen and oxygen atoms in total. The van der Waals surface area contributed by atoms with Gasteiger partial charge in [-0.25, -0.2) is 0 Å². The second-order valence-electron chi connectivity index (χ2n) is 4.76. The fourth-order valence-corrected chi connectivity index (χ4v) is 2.13. The minimum Gasteiger partial charge on any atom is -0.497 e. The van der Waals surface area contributed by atoms with Crippen LogP contribution in [0.25, 0.3) is 0 Å². The van der Waals surface area contributed by atoms with E-state index in [2.05, 4.69) is 5.32 Å². The molecule has 0 radical (unpaired) electrons. The van der Waals surface area contributed by atoms with Crippen molar-refractivity contribution in [1.29, 1.82) is 0 Å². The van der Waals surface area contributed by atoms with Gasteiger partial charge in [-0.1, -0.05) is 12.1 Å². The van der Waals surface area contributed by atoms with E-state index in [1.54, 1.807) is 14.2 Å². The van der Waals surface area contributed by atoms with Gasteiger partial charge in [0.1, 0.15) is 11.5 Å². The Morgan fingerprint density at radius 2 is 1.90 bits per heavy atom. The van der Waals surface area contributed by atoms with Crippen molar-refractivity contribution >= 4 is 11.6 Å². The maximum Gasteiger partial charge on any atom is 0.228 e. The van der Waals surface area contributed by atoms with Crippen molar-refractivity contribution in [1.82, 2.24) is 0 Å². The quantitative estimate of drug-likeness (QED) is 0.917. The molecule has 0 aromatic heterocycles. The van der Waals surface area contributed by atoms with Gasteiger partial charge in [-0.15, -0.1) is 0 Å². The molecular formula is C17H19NO3. The number of hydrogen-bond acceptors (Lipinski definition) is 3. The second kappa shape index (κ2) is 6.79. The van der Waals surface area contributed by atoms with E-state index in [4.69, 9.17) is 9.47 Å². The number of ether oxygens (including phenoxy) is 2. The van der Waals surface area contributed by atoms with Crippen LogP contribution in [-0.2, 0) is 11.2 Å². The molecule has 0 fully saturated rings. The minimum absolute atomic E-state index is 0.0622. The zero-order valence-electron chi connectivity index (χ0n) is 12.5. The Morgan fingerprint density at radius 1 is 1.10 bits per heavy atom. The SMILES string of the molecule is COc1cccc(CC(=O)Nc2ccc(OC)c(C)c2)c1. The number of anilines is 1. The van der Waals surface area contributed by atoms with Crippen LogP contribution in [0.1, 0.15) is 11.1 Å². The average molecular weight is 285 g/mol. The summed E-state index contributed by atoms with van der Waals surface area (Å²) in [6.07, 6.45) is 0.308. The number of methoxy groups -OCH3 is 2. The summed E-state index contributed by atoms with van der Waals surface area (Å²) in [5.74, 6) is 1.49. The van der Waals surface area contributed by atoms with E-state index in [1.807, 2.05) is 49.4 Å². The summed E-state index contributed by atoms with van der Waals surface area (Å²) >= 11 is 0. The van der Waals surface area contributed by atoms with Gasteiger partial charge in [0.25, 0.3) is 0 Å². The fraction of sp³-hybridized carbons (Fsp3) is 0.235. The molecule has 21 heavy (non-hydrogen) atoms. The van der Waals surface area contributed by atoms with Gasteiger partial charge in [0.2, 0.25) is 5.91 Å². The van der Waals surface area contributed by atoms with E-state index in [-0.39, 0.29) is 5.91 Å². The van der Waals surface area contributed by atoms with Crippen molar-refractivity contribution in [2.75, 3.05) is 19.5 Å². The van der Waals surface area contributed by atoms with E-state index in [9.17, 15) is 4.79 Å². The van der Waals surface area contributed by atoms with Crippen molar-refractivity contribution in [2.24, 2.45) is 0 Å². The Kier molecular flexibility index (Phi) is 4.82. The van der Waals surface area contributed by atoms with Gasteiger partial charge in [0, 0.05) is 5.69 Å². The van der Waals surface area contributed by atoms with Crippen molar-refractivity contribution in [2.45, 2.75) is 13.3 Å². The molecule has 110 valence electrons. The van der Waals surface area contributed by atoms with Gasteiger partial charge in [0.15, 0.2) is 0 Å². The average Bonchev–Trinajstić information content (AvgIpc) is 2.47. The van der Waals surface area contributed by atoms with Crippen LogP contribution in [-0.4, -0.2) is 20.1 Å². The summed E-state index contributed by atoms with van der Waals surface area (Å²) in [6, 6.07) is 13.1. The third-order valence-corrected chi connectivity index (χ3v) is 3.18. The molecule has 1 N–H and O–H groups in total. The number of carbonyl (C=O) groups excluding carboxylic acids is 1. The minimum atomic E-state index is -0.0622. The van der Waals surface area contributed by atoms with Gasteiger partial charge in [0.05, 0.1) is 20.6 Å². The van der Waals surface area contributed by atoms with Gasteiger partial charge in [-0.3, -0.25) is 4.79 Å². The topological polar surface area (TPSA) is 47.6 Å². The van der Waals surface area contributed by atoms with Gasteiger partial charge >= 0.3 is 0 Å². The molecule has 0 aliphatic heterocycles. The first-order valence-electron chi connectivity index (χ1n) is 6.70. The Labute approximate surface area is 124 Å². The summed E-state index contributed by atoms with van der Waals surface area (Å²) in [5, 5.41) is 2.88. The lowest BCUT2D eigenvalue weighted by Gasteiger charge is -2.09. The predicted molar refractivity (Wildman–Crippen MR) is 83.1 cm³/mol. The van der Waals surface area contributed by atoms with Crippen molar-refractivity contribution in [3.8, 4) is 11.5 Å². The third-order valence-electron chi connectivity index (χ3n) is 3.18. The Hall–Kier alpha value is -2.49. The van der Waals surface area contributed by atoms with E-state index >= 15 is 0 Å². The lowest BCUT2D eigenvalue weighted by Crippen LogP contribution is -2.14. The standard InChI is InChI=1S/C17H19NO3/c1-12-9-14(7-8-16(12)21-3)18-17(19)11-13-5-4-6-15(10-13)20-2/h4-10H,11H2,1-3H3,(H,18,19). The Balaban J connectivity index is 2.02. The first-order valence-corrected chi connectivity index (χ1v) is 6.70. The van der Waals surface area contributed by atoms with Crippen molar-refractivity contribution in [3.63, 3.8) is 0 Å². The molecule has 0 saturated carbocycles. The summed E-state index contributed by atoms with van der Waals surface area (Å²) in [5.41, 5.74) is 2.66. The number of nitrogens with one attached hydrogen (secondary N) is 1. The van der Waals surface area contributed by atoms with Crippen molar-refractivity contribution < 1.29 is 14.3 Å². The van der Waals surface area contributed by atoms with Crippen LogP contribution in [0.3, 0.4) is 0 Å². The smallest absolute Gasteiger partial charge is 0.228 e. The molecule has 0 bridgehead atoms. The Bertz CT molecular complexity index is 638. The molecule has 2 rings (SSSR count). The summed E-state index contributed by atoms with van der Waals surface area (Å²) in [4.78, 5) is 12.1. The number of benzene rings is 2. The van der Waals surface area contributed by atoms with E-state index in [0.29, 0.717) is 6.42 Å². The van der Waals surface area contributed by atoms with Crippen LogP contribution in [0, 0.1) is 6.92 Å². The molecule has 0 spiro atoms. The molecule has 0 atom stereocenters. The number of rotatable bonds is 5. The van der Waals surface area contributed by atoms with Crippen LogP contribution in [0.4, 0.5) is 5.69 Å². The van der Waals surface area contributed by atoms with Gasteiger partial charge in [-0.05, 0) is 48.4 Å². The van der Waals surface area contributed by atoms with Crippen LogP contribution < -0.4 is 14.8 Å². The zero-order chi connectivity index (χ0) is 15.2. The van der Waals surface area contributed by atoms with Gasteiger partial charge < -0.3 is 14.8 Å². The lowest BCUT2D eigenvalue weighted by molar-refractivity contribution is -0.115. The number of carbonyl (C=O) groups is 1. The van der Waals surface area contributed by atoms with Gasteiger partial charge in [-0.2, -0.15) is 0 Å². The second-order valence-corrected chi connectivity index (χ2v) is 4.76. The van der Waals surface area contributed by atoms with Crippen molar-refractivity contribution in [3.05, 3.63) is 53.6 Å². The summed E-state index contributed by atoms with van der Waals surface area (Å²) in [6.45, 7) is 1.94. The molecule has 0 aliphatic rings. The highest BCUT2D eigenvalue weighted by atomic mass is 16.5. The molecule has 2 aromatic carbocycles. The molecule has 2 aromatic rings. The molecule has 0 saturated heterocycles. The Morgan fingerprint density at radius 3 is 2.57 bits per heavy atom. The van der Waals surface area contributed by atoms with Crippen LogP contribution in [0.15, 0.2) is 42.5 Å². The molecule has 4 heteroatoms. The highest BCUT2D eigenvalue weighted by molar-refractivity contribution is 5.92. The van der Waals surface area contributed by atoms with E-state index < -0.39 is 0 Å². The van der Waals surface area contributed by atoms with Crippen LogP contribution in [0.5, 0.6) is 11.5 Å². The first kappa shape index (κ1) is 14.9. The first-order chi connectivity index (χ1) is 10.1. The fourth-order valence-electron chi connectivity index (χ4n) is 2.13.